The lowest BCUT2D eigenvalue weighted by Gasteiger charge is -2.26. The summed E-state index contributed by atoms with van der Waals surface area (Å²) in [6.45, 7) is 2.17. The molecule has 1 aromatic heterocycles. The Hall–Kier alpha value is -1.94. The zero-order valence-corrected chi connectivity index (χ0v) is 16.5. The standard InChI is InChI=1S/C18H20FN2O7P/c1-2-11-3-5-12(6-4-11)9-25-29(24)26-10-15-14(28-29)7-16(27-15)21-8-13(19)17(22)20-18(21)23/h3-6,8,14-16,24H,2,7,9-10H2,1H3/p+1/t14-,15+,16+,29?/m0/s1. The number of rotatable bonds is 5. The molecule has 0 saturated carbocycles. The van der Waals surface area contributed by atoms with Crippen LogP contribution in [0.25, 0.3) is 0 Å². The highest BCUT2D eigenvalue weighted by atomic mass is 31.2. The Labute approximate surface area is 165 Å². The first-order chi connectivity index (χ1) is 13.9. The summed E-state index contributed by atoms with van der Waals surface area (Å²) in [6, 6.07) is 7.78. The SMILES string of the molecule is CCc1ccc(CO[P+]2(O)OC[C@H]3O[C@@H](n4cc(F)c(=O)[nH]c4=O)C[C@@H]3O2)cc1. The highest BCUT2D eigenvalue weighted by Crippen LogP contribution is 2.63. The molecule has 2 aliphatic rings. The number of benzene rings is 1. The molecule has 1 unspecified atom stereocenters. The fourth-order valence-corrected chi connectivity index (χ4v) is 4.68. The summed E-state index contributed by atoms with van der Waals surface area (Å²) in [7, 11) is -3.56. The molecule has 0 spiro atoms. The monoisotopic (exact) mass is 427 g/mol. The fourth-order valence-electron chi connectivity index (χ4n) is 3.27. The Morgan fingerprint density at radius 2 is 2.00 bits per heavy atom. The number of aromatic nitrogens is 2. The third-order valence-corrected chi connectivity index (χ3v) is 6.38. The van der Waals surface area contributed by atoms with Gasteiger partial charge >= 0.3 is 13.9 Å². The van der Waals surface area contributed by atoms with E-state index in [-0.39, 0.29) is 19.6 Å². The normalized spacial score (nSPS) is 29.0. The highest BCUT2D eigenvalue weighted by Gasteiger charge is 2.57. The van der Waals surface area contributed by atoms with Crippen molar-refractivity contribution in [2.45, 2.75) is 44.8 Å². The second-order valence-corrected chi connectivity index (χ2v) is 8.52. The Morgan fingerprint density at radius 3 is 2.72 bits per heavy atom. The van der Waals surface area contributed by atoms with Crippen molar-refractivity contribution in [2.75, 3.05) is 6.61 Å². The zero-order chi connectivity index (χ0) is 20.6. The Bertz CT molecular complexity index is 995. The van der Waals surface area contributed by atoms with E-state index in [2.05, 4.69) is 6.92 Å². The molecule has 3 heterocycles. The van der Waals surface area contributed by atoms with Gasteiger partial charge in [-0.15, -0.1) is 9.05 Å². The van der Waals surface area contributed by atoms with Crippen LogP contribution in [0, 0.1) is 5.82 Å². The summed E-state index contributed by atoms with van der Waals surface area (Å²) in [5, 5.41) is 0. The van der Waals surface area contributed by atoms with Gasteiger partial charge in [0.1, 0.15) is 31.6 Å². The molecule has 1 aromatic carbocycles. The summed E-state index contributed by atoms with van der Waals surface area (Å²) in [5.41, 5.74) is 0.166. The third kappa shape index (κ3) is 4.32. The Balaban J connectivity index is 1.41. The quantitative estimate of drug-likeness (QED) is 0.700. The average Bonchev–Trinajstić information content (AvgIpc) is 3.12. The van der Waals surface area contributed by atoms with Crippen molar-refractivity contribution in [1.29, 1.82) is 0 Å². The molecule has 0 aliphatic carbocycles. The third-order valence-electron chi connectivity index (χ3n) is 4.91. The summed E-state index contributed by atoms with van der Waals surface area (Å²) in [5.74, 6) is -1.10. The van der Waals surface area contributed by atoms with Crippen molar-refractivity contribution >= 4 is 8.17 Å². The molecule has 2 aromatic rings. The van der Waals surface area contributed by atoms with E-state index < -0.39 is 43.7 Å². The molecular weight excluding hydrogens is 406 g/mol. The smallest absolute Gasteiger partial charge is 0.349 e. The molecule has 29 heavy (non-hydrogen) atoms. The molecule has 0 radical (unpaired) electrons. The van der Waals surface area contributed by atoms with Gasteiger partial charge in [0.25, 0.3) is 5.56 Å². The minimum atomic E-state index is -3.56. The van der Waals surface area contributed by atoms with Crippen LogP contribution in [0.5, 0.6) is 0 Å². The van der Waals surface area contributed by atoms with Gasteiger partial charge in [0.15, 0.2) is 0 Å². The van der Waals surface area contributed by atoms with Gasteiger partial charge in [0.05, 0.1) is 6.20 Å². The van der Waals surface area contributed by atoms with Crippen molar-refractivity contribution in [1.82, 2.24) is 9.55 Å². The van der Waals surface area contributed by atoms with Crippen LogP contribution in [-0.2, 0) is 31.3 Å². The van der Waals surface area contributed by atoms with E-state index in [1.165, 1.54) is 5.56 Å². The number of ether oxygens (including phenoxy) is 1. The fraction of sp³-hybridized carbons (Fsp3) is 0.444. The molecule has 4 rings (SSSR count). The van der Waals surface area contributed by atoms with Gasteiger partial charge in [0.2, 0.25) is 5.82 Å². The number of halogens is 1. The van der Waals surface area contributed by atoms with E-state index >= 15 is 0 Å². The summed E-state index contributed by atoms with van der Waals surface area (Å²) >= 11 is 0. The van der Waals surface area contributed by atoms with Crippen molar-refractivity contribution in [3.63, 3.8) is 0 Å². The van der Waals surface area contributed by atoms with Crippen molar-refractivity contribution in [3.05, 3.63) is 68.2 Å². The second-order valence-electron chi connectivity index (χ2n) is 6.86. The first kappa shape index (κ1) is 20.3. The van der Waals surface area contributed by atoms with E-state index in [1.54, 1.807) is 0 Å². The number of nitrogens with zero attached hydrogens (tertiary/aromatic N) is 1. The van der Waals surface area contributed by atoms with Gasteiger partial charge in [-0.2, -0.15) is 13.8 Å². The van der Waals surface area contributed by atoms with Crippen LogP contribution in [0.4, 0.5) is 4.39 Å². The van der Waals surface area contributed by atoms with Crippen LogP contribution < -0.4 is 11.2 Å². The maximum Gasteiger partial charge on any atom is 0.573 e. The highest BCUT2D eigenvalue weighted by molar-refractivity contribution is 7.55. The predicted molar refractivity (Wildman–Crippen MR) is 100 cm³/mol. The van der Waals surface area contributed by atoms with Gasteiger partial charge in [-0.05, 0) is 17.5 Å². The molecule has 2 fully saturated rings. The van der Waals surface area contributed by atoms with Gasteiger partial charge < -0.3 is 4.74 Å². The van der Waals surface area contributed by atoms with Crippen molar-refractivity contribution < 1.29 is 27.6 Å². The van der Waals surface area contributed by atoms with Crippen LogP contribution in [0.3, 0.4) is 0 Å². The summed E-state index contributed by atoms with van der Waals surface area (Å²) in [4.78, 5) is 35.6. The predicted octanol–water partition coefficient (Wildman–Crippen LogP) is 1.83. The van der Waals surface area contributed by atoms with Crippen LogP contribution in [0.15, 0.2) is 40.1 Å². The number of nitrogens with one attached hydrogen (secondary N) is 1. The largest absolute Gasteiger partial charge is 0.573 e. The van der Waals surface area contributed by atoms with Gasteiger partial charge in [-0.3, -0.25) is 14.3 Å². The average molecular weight is 427 g/mol. The number of fused-ring (bicyclic) bond motifs is 1. The molecule has 4 atom stereocenters. The molecule has 9 nitrogen and oxygen atoms in total. The minimum Gasteiger partial charge on any atom is -0.349 e. The maximum absolute atomic E-state index is 13.5. The molecule has 156 valence electrons. The van der Waals surface area contributed by atoms with E-state index in [1.807, 2.05) is 29.2 Å². The first-order valence-corrected chi connectivity index (χ1v) is 10.7. The van der Waals surface area contributed by atoms with Gasteiger partial charge in [-0.1, -0.05) is 31.2 Å². The van der Waals surface area contributed by atoms with Crippen molar-refractivity contribution in [3.8, 4) is 0 Å². The number of hydrogen-bond donors (Lipinski definition) is 2. The Morgan fingerprint density at radius 1 is 1.28 bits per heavy atom. The molecular formula is C18H21FN2O7P+. The van der Waals surface area contributed by atoms with E-state index in [0.717, 1.165) is 22.7 Å². The van der Waals surface area contributed by atoms with E-state index in [4.69, 9.17) is 18.3 Å². The lowest BCUT2D eigenvalue weighted by Crippen LogP contribution is -2.35. The molecule has 2 saturated heterocycles. The topological polar surface area (TPSA) is 112 Å². The first-order valence-electron chi connectivity index (χ1n) is 9.20. The molecule has 2 N–H and O–H groups in total. The number of aromatic amines is 1. The molecule has 0 bridgehead atoms. The molecule has 0 amide bonds. The molecule has 2 aliphatic heterocycles. The lowest BCUT2D eigenvalue weighted by atomic mass is 10.1. The van der Waals surface area contributed by atoms with Crippen molar-refractivity contribution in [2.24, 2.45) is 0 Å². The van der Waals surface area contributed by atoms with E-state index in [9.17, 15) is 18.9 Å². The number of aryl methyl sites for hydroxylation is 1. The van der Waals surface area contributed by atoms with Crippen LogP contribution >= 0.6 is 8.17 Å². The maximum atomic E-state index is 13.5. The minimum absolute atomic E-state index is 0.000797. The lowest BCUT2D eigenvalue weighted by molar-refractivity contribution is -0.0828. The second kappa shape index (κ2) is 8.06. The number of H-pyrrole nitrogens is 1. The Kier molecular flexibility index (Phi) is 5.65. The number of hydrogen-bond acceptors (Lipinski definition) is 7. The van der Waals surface area contributed by atoms with Crippen LogP contribution in [-0.4, -0.2) is 33.3 Å². The summed E-state index contributed by atoms with van der Waals surface area (Å²) < 4.78 is 36.7. The molecule has 11 heteroatoms. The van der Waals surface area contributed by atoms with Gasteiger partial charge in [0, 0.05) is 6.42 Å². The van der Waals surface area contributed by atoms with Gasteiger partial charge in [-0.25, -0.2) is 4.79 Å². The van der Waals surface area contributed by atoms with Crippen LogP contribution in [0.2, 0.25) is 0 Å². The summed E-state index contributed by atoms with van der Waals surface area (Å²) in [6.07, 6.45) is -0.138. The van der Waals surface area contributed by atoms with Crippen LogP contribution in [0.1, 0.15) is 30.7 Å². The van der Waals surface area contributed by atoms with E-state index in [0.29, 0.717) is 0 Å². The zero-order valence-electron chi connectivity index (χ0n) is 15.6.